The lowest BCUT2D eigenvalue weighted by Gasteiger charge is -2.14. The summed E-state index contributed by atoms with van der Waals surface area (Å²) in [5.41, 5.74) is 1.13. The number of thiol groups is 1. The van der Waals surface area contributed by atoms with Gasteiger partial charge in [0.15, 0.2) is 11.5 Å². The predicted octanol–water partition coefficient (Wildman–Crippen LogP) is 1.73. The van der Waals surface area contributed by atoms with Crippen LogP contribution in [0.4, 0.5) is 0 Å². The summed E-state index contributed by atoms with van der Waals surface area (Å²) in [4.78, 5) is 0. The largest absolute Gasteiger partial charge is 0.493 e. The molecule has 0 fully saturated rings. The minimum atomic E-state index is 0.626. The average Bonchev–Trinajstić information content (AvgIpc) is 2.37. The molecule has 0 saturated heterocycles. The van der Waals surface area contributed by atoms with Crippen molar-refractivity contribution in [1.82, 2.24) is 5.32 Å². The van der Waals surface area contributed by atoms with Gasteiger partial charge in [0, 0.05) is 5.88 Å². The number of rotatable bonds is 7. The van der Waals surface area contributed by atoms with Crippen LogP contribution in [0.5, 0.6) is 17.2 Å². The summed E-state index contributed by atoms with van der Waals surface area (Å²) in [5.74, 6) is 2.67. The Morgan fingerprint density at radius 1 is 1.06 bits per heavy atom. The number of methoxy groups -OCH3 is 3. The Morgan fingerprint density at radius 2 is 1.65 bits per heavy atom. The van der Waals surface area contributed by atoms with Gasteiger partial charge in [0.25, 0.3) is 0 Å². The third-order valence-corrected chi connectivity index (χ3v) is 2.65. The van der Waals surface area contributed by atoms with Crippen LogP contribution in [-0.4, -0.2) is 33.8 Å². The first-order valence-electron chi connectivity index (χ1n) is 5.37. The molecule has 17 heavy (non-hydrogen) atoms. The van der Waals surface area contributed by atoms with Gasteiger partial charge in [0.05, 0.1) is 21.3 Å². The first kappa shape index (κ1) is 14.0. The van der Waals surface area contributed by atoms with Gasteiger partial charge in [-0.05, 0) is 30.7 Å². The van der Waals surface area contributed by atoms with Crippen LogP contribution in [0.1, 0.15) is 5.56 Å². The predicted molar refractivity (Wildman–Crippen MR) is 71.7 cm³/mol. The number of ether oxygens (including phenoxy) is 3. The molecule has 0 aliphatic heterocycles. The van der Waals surface area contributed by atoms with Crippen LogP contribution in [0, 0.1) is 0 Å². The molecule has 1 aromatic carbocycles. The number of hydrogen-bond donors (Lipinski definition) is 2. The van der Waals surface area contributed by atoms with Crippen molar-refractivity contribution in [2.24, 2.45) is 0 Å². The molecule has 5 heteroatoms. The van der Waals surface area contributed by atoms with E-state index in [4.69, 9.17) is 14.2 Å². The van der Waals surface area contributed by atoms with E-state index in [9.17, 15) is 0 Å². The average molecular weight is 257 g/mol. The standard InChI is InChI=1S/C12H19NO3S/c1-14-10-6-9(4-5-13-8-17)7-11(15-2)12(10)16-3/h6-7,13,17H,4-5,8H2,1-3H3. The van der Waals surface area contributed by atoms with Crippen molar-refractivity contribution in [1.29, 1.82) is 0 Å². The highest BCUT2D eigenvalue weighted by Crippen LogP contribution is 2.38. The summed E-state index contributed by atoms with van der Waals surface area (Å²) in [5, 5.41) is 3.15. The van der Waals surface area contributed by atoms with E-state index in [0.29, 0.717) is 23.1 Å². The third kappa shape index (κ3) is 3.71. The molecular weight excluding hydrogens is 238 g/mol. The number of benzene rings is 1. The van der Waals surface area contributed by atoms with Crippen LogP contribution < -0.4 is 19.5 Å². The van der Waals surface area contributed by atoms with Crippen molar-refractivity contribution >= 4 is 12.6 Å². The first-order valence-corrected chi connectivity index (χ1v) is 6.00. The molecule has 0 radical (unpaired) electrons. The summed E-state index contributed by atoms with van der Waals surface area (Å²) >= 11 is 4.10. The molecular formula is C12H19NO3S. The van der Waals surface area contributed by atoms with Crippen molar-refractivity contribution in [3.63, 3.8) is 0 Å². The normalized spacial score (nSPS) is 10.1. The Kier molecular flexibility index (Phi) is 6.00. The zero-order valence-electron chi connectivity index (χ0n) is 10.4. The molecule has 0 unspecified atom stereocenters. The molecule has 0 aliphatic rings. The van der Waals surface area contributed by atoms with Crippen molar-refractivity contribution in [3.05, 3.63) is 17.7 Å². The monoisotopic (exact) mass is 257 g/mol. The Hall–Kier alpha value is -1.07. The van der Waals surface area contributed by atoms with E-state index in [1.165, 1.54) is 0 Å². The first-order chi connectivity index (χ1) is 8.26. The maximum atomic E-state index is 5.29. The lowest BCUT2D eigenvalue weighted by Crippen LogP contribution is -2.14. The maximum absolute atomic E-state index is 5.29. The quantitative estimate of drug-likeness (QED) is 0.443. The third-order valence-electron chi connectivity index (χ3n) is 2.43. The van der Waals surface area contributed by atoms with Gasteiger partial charge in [0.1, 0.15) is 0 Å². The SMILES string of the molecule is COc1cc(CCNCS)cc(OC)c1OC. The molecule has 4 nitrogen and oxygen atoms in total. The maximum Gasteiger partial charge on any atom is 0.203 e. The van der Waals surface area contributed by atoms with E-state index in [-0.39, 0.29) is 0 Å². The Bertz CT molecular complexity index is 333. The minimum absolute atomic E-state index is 0.626. The molecule has 0 amide bonds. The fourth-order valence-electron chi connectivity index (χ4n) is 1.59. The van der Waals surface area contributed by atoms with Crippen LogP contribution in [0.25, 0.3) is 0 Å². The van der Waals surface area contributed by atoms with Gasteiger partial charge in [-0.1, -0.05) is 0 Å². The Labute approximate surface area is 108 Å². The zero-order valence-corrected chi connectivity index (χ0v) is 11.3. The van der Waals surface area contributed by atoms with Crippen LogP contribution >= 0.6 is 12.6 Å². The summed E-state index contributed by atoms with van der Waals surface area (Å²) < 4.78 is 15.8. The fraction of sp³-hybridized carbons (Fsp3) is 0.500. The molecule has 0 bridgehead atoms. The molecule has 0 aliphatic carbocycles. The van der Waals surface area contributed by atoms with Gasteiger partial charge >= 0.3 is 0 Å². The van der Waals surface area contributed by atoms with Crippen molar-refractivity contribution in [2.45, 2.75) is 6.42 Å². The molecule has 0 spiro atoms. The molecule has 0 aromatic heterocycles. The molecule has 1 N–H and O–H groups in total. The Morgan fingerprint density at radius 3 is 2.06 bits per heavy atom. The van der Waals surface area contributed by atoms with Crippen LogP contribution in [0.15, 0.2) is 12.1 Å². The second kappa shape index (κ2) is 7.29. The highest BCUT2D eigenvalue weighted by Gasteiger charge is 2.12. The van der Waals surface area contributed by atoms with Crippen molar-refractivity contribution in [2.75, 3.05) is 33.8 Å². The van der Waals surface area contributed by atoms with E-state index < -0.39 is 0 Å². The molecule has 1 aromatic rings. The smallest absolute Gasteiger partial charge is 0.203 e. The highest BCUT2D eigenvalue weighted by molar-refractivity contribution is 7.80. The second-order valence-electron chi connectivity index (χ2n) is 3.44. The van der Waals surface area contributed by atoms with E-state index in [0.717, 1.165) is 18.5 Å². The van der Waals surface area contributed by atoms with Gasteiger partial charge in [-0.2, -0.15) is 12.6 Å². The van der Waals surface area contributed by atoms with E-state index in [1.54, 1.807) is 21.3 Å². The summed E-state index contributed by atoms with van der Waals surface area (Å²) in [6.45, 7) is 0.863. The van der Waals surface area contributed by atoms with E-state index in [2.05, 4.69) is 17.9 Å². The van der Waals surface area contributed by atoms with Gasteiger partial charge in [-0.15, -0.1) is 0 Å². The minimum Gasteiger partial charge on any atom is -0.493 e. The topological polar surface area (TPSA) is 39.7 Å². The van der Waals surface area contributed by atoms with Gasteiger partial charge in [-0.25, -0.2) is 0 Å². The molecule has 0 heterocycles. The van der Waals surface area contributed by atoms with Crippen LogP contribution in [0.3, 0.4) is 0 Å². The van der Waals surface area contributed by atoms with E-state index in [1.807, 2.05) is 12.1 Å². The molecule has 96 valence electrons. The number of hydrogen-bond acceptors (Lipinski definition) is 5. The van der Waals surface area contributed by atoms with Crippen molar-refractivity contribution in [3.8, 4) is 17.2 Å². The lowest BCUT2D eigenvalue weighted by atomic mass is 10.1. The van der Waals surface area contributed by atoms with E-state index >= 15 is 0 Å². The van der Waals surface area contributed by atoms with Gasteiger partial charge < -0.3 is 19.5 Å². The summed E-state index contributed by atoms with van der Waals surface area (Å²) in [6, 6.07) is 3.92. The van der Waals surface area contributed by atoms with Gasteiger partial charge in [0.2, 0.25) is 5.75 Å². The molecule has 0 saturated carbocycles. The van der Waals surface area contributed by atoms with Crippen LogP contribution in [0.2, 0.25) is 0 Å². The second-order valence-corrected chi connectivity index (χ2v) is 3.76. The van der Waals surface area contributed by atoms with Gasteiger partial charge in [-0.3, -0.25) is 0 Å². The van der Waals surface area contributed by atoms with Crippen molar-refractivity contribution < 1.29 is 14.2 Å². The summed E-state index contributed by atoms with van der Waals surface area (Å²) in [6.07, 6.45) is 0.886. The Balaban J connectivity index is 2.92. The molecule has 0 atom stereocenters. The molecule has 1 rings (SSSR count). The number of nitrogens with one attached hydrogen (secondary N) is 1. The fourth-order valence-corrected chi connectivity index (χ4v) is 1.75. The zero-order chi connectivity index (χ0) is 12.7. The lowest BCUT2D eigenvalue weighted by molar-refractivity contribution is 0.324. The van der Waals surface area contributed by atoms with Crippen LogP contribution in [-0.2, 0) is 6.42 Å². The highest BCUT2D eigenvalue weighted by atomic mass is 32.1. The summed E-state index contributed by atoms with van der Waals surface area (Å²) in [7, 11) is 4.84.